The maximum atomic E-state index is 10.2. The Bertz CT molecular complexity index is 162. The molecule has 1 atom stereocenters. The molecule has 0 spiro atoms. The van der Waals surface area contributed by atoms with Crippen molar-refractivity contribution in [1.82, 2.24) is 0 Å². The zero-order valence-electron chi connectivity index (χ0n) is 7.94. The van der Waals surface area contributed by atoms with Crippen molar-refractivity contribution in [2.24, 2.45) is 5.92 Å². The molecule has 0 aliphatic heterocycles. The molecule has 0 rings (SSSR count). The fraction of sp³-hybridized carbons (Fsp3) is 0.833. The third-order valence-corrected chi connectivity index (χ3v) is 1.11. The zero-order valence-corrected chi connectivity index (χ0v) is 8.69. The van der Waals surface area contributed by atoms with Gasteiger partial charge in [0.1, 0.15) is 0 Å². The number of hydrogen-bond donors (Lipinski definition) is 2. The van der Waals surface area contributed by atoms with Crippen LogP contribution in [0.25, 0.3) is 0 Å². The molecule has 0 aromatic carbocycles. The highest BCUT2D eigenvalue weighted by atomic mass is 35.7. The van der Waals surface area contributed by atoms with E-state index in [1.165, 1.54) is 0 Å². The number of quaternary nitrogens is 1. The minimum atomic E-state index is -4.94. The molecule has 0 aliphatic carbocycles. The predicted octanol–water partition coefficient (Wildman–Crippen LogP) is -5.03. The summed E-state index contributed by atoms with van der Waals surface area (Å²) in [6.45, 7) is 3.97. The quantitative estimate of drug-likeness (QED) is 0.495. The molecule has 0 unspecified atom stereocenters. The predicted molar refractivity (Wildman–Crippen MR) is 33.8 cm³/mol. The molecule has 0 saturated heterocycles. The first-order chi connectivity index (χ1) is 6.04. The number of halogens is 1. The third kappa shape index (κ3) is 22.6. The summed E-state index contributed by atoms with van der Waals surface area (Å²) in [6, 6.07) is -0.440. The molecule has 0 aliphatic rings. The van der Waals surface area contributed by atoms with Crippen molar-refractivity contribution in [3.05, 3.63) is 0 Å². The summed E-state index contributed by atoms with van der Waals surface area (Å²) in [6.07, 6.45) is 0.662. The van der Waals surface area contributed by atoms with Gasteiger partial charge >= 0.3 is 5.97 Å². The topological polar surface area (TPSA) is 157 Å². The summed E-state index contributed by atoms with van der Waals surface area (Å²) >= 11 is 0. The van der Waals surface area contributed by atoms with Gasteiger partial charge in [-0.15, -0.1) is 10.2 Å². The first kappa shape index (κ1) is 16.0. The van der Waals surface area contributed by atoms with Crippen LogP contribution in [0.4, 0.5) is 0 Å². The van der Waals surface area contributed by atoms with E-state index < -0.39 is 22.3 Å². The fourth-order valence-corrected chi connectivity index (χ4v) is 0.670. The Morgan fingerprint density at radius 2 is 1.64 bits per heavy atom. The van der Waals surface area contributed by atoms with Gasteiger partial charge in [0.15, 0.2) is 6.04 Å². The Morgan fingerprint density at radius 3 is 1.71 bits per heavy atom. The molecule has 0 aromatic heterocycles. The summed E-state index contributed by atoms with van der Waals surface area (Å²) in [5, 5.41) is 8.37. The minimum Gasteiger partial charge on any atom is -0.477 e. The van der Waals surface area contributed by atoms with E-state index in [1.54, 1.807) is 0 Å². The van der Waals surface area contributed by atoms with Gasteiger partial charge < -0.3 is 10.8 Å². The molecule has 4 N–H and O–H groups in total. The van der Waals surface area contributed by atoms with Gasteiger partial charge in [-0.2, -0.15) is 0 Å². The maximum Gasteiger partial charge on any atom is 0.362 e. The lowest BCUT2D eigenvalue weighted by atomic mass is 10.1. The van der Waals surface area contributed by atoms with Crippen LogP contribution < -0.4 is 24.4 Å². The van der Waals surface area contributed by atoms with E-state index in [1.807, 2.05) is 13.8 Å². The second-order valence-corrected chi connectivity index (χ2v) is 3.80. The lowest BCUT2D eigenvalue weighted by Crippen LogP contribution is -2.68. The van der Waals surface area contributed by atoms with Crippen LogP contribution in [0.5, 0.6) is 0 Å². The second-order valence-electron chi connectivity index (χ2n) is 3.04. The van der Waals surface area contributed by atoms with E-state index in [-0.39, 0.29) is 0 Å². The van der Waals surface area contributed by atoms with Gasteiger partial charge in [-0.25, -0.2) is 23.4 Å². The van der Waals surface area contributed by atoms with E-state index in [4.69, 9.17) is 23.7 Å². The van der Waals surface area contributed by atoms with Gasteiger partial charge in [-0.1, -0.05) is 13.8 Å². The molecule has 0 amide bonds. The second kappa shape index (κ2) is 6.93. The van der Waals surface area contributed by atoms with Gasteiger partial charge in [0, 0.05) is 6.42 Å². The maximum absolute atomic E-state index is 10.2. The van der Waals surface area contributed by atoms with Crippen molar-refractivity contribution >= 4 is 5.97 Å². The summed E-state index contributed by atoms with van der Waals surface area (Å²) in [4.78, 5) is 10.2. The van der Waals surface area contributed by atoms with Crippen molar-refractivity contribution in [3.8, 4) is 0 Å². The fourth-order valence-electron chi connectivity index (χ4n) is 0.670. The molecule has 0 heterocycles. The monoisotopic (exact) mass is 231 g/mol. The first-order valence-electron chi connectivity index (χ1n) is 3.71. The Morgan fingerprint density at radius 1 is 1.36 bits per heavy atom. The lowest BCUT2D eigenvalue weighted by Gasteiger charge is -2.17. The number of carboxylic acid groups (broad SMARTS) is 1. The standard InChI is InChI=1S/C6H13NO2.ClHO4/c1-4(2)3-5(7)6(8)9;2-1(3,4)5/h4-5H,3,7H2,1-2H3,(H,8,9);(H,2,3,4,5)/t5-;/m0./s1. The molecule has 0 saturated carbocycles. The van der Waals surface area contributed by atoms with E-state index in [0.29, 0.717) is 12.3 Å². The van der Waals surface area contributed by atoms with Crippen molar-refractivity contribution in [3.63, 3.8) is 0 Å². The minimum absolute atomic E-state index is 0.420. The molecule has 0 fully saturated rings. The van der Waals surface area contributed by atoms with Gasteiger partial charge in [0.05, 0.1) is 0 Å². The van der Waals surface area contributed by atoms with Crippen LogP contribution in [0.2, 0.25) is 0 Å². The highest BCUT2D eigenvalue weighted by Crippen LogP contribution is 2.00. The van der Waals surface area contributed by atoms with E-state index >= 15 is 0 Å². The van der Waals surface area contributed by atoms with Gasteiger partial charge in [0.25, 0.3) is 0 Å². The Hall–Kier alpha value is -0.440. The summed E-state index contributed by atoms with van der Waals surface area (Å²) in [7, 11) is -4.94. The molecule has 0 bridgehead atoms. The lowest BCUT2D eigenvalue weighted by molar-refractivity contribution is -2.00. The van der Waals surface area contributed by atoms with Crippen molar-refractivity contribution in [1.29, 1.82) is 0 Å². The van der Waals surface area contributed by atoms with Gasteiger partial charge in [0.2, 0.25) is 0 Å². The van der Waals surface area contributed by atoms with Crippen LogP contribution in [0.1, 0.15) is 20.3 Å². The third-order valence-electron chi connectivity index (χ3n) is 1.11. The van der Waals surface area contributed by atoms with Crippen LogP contribution in [0, 0.1) is 16.2 Å². The van der Waals surface area contributed by atoms with Crippen LogP contribution in [0.3, 0.4) is 0 Å². The van der Waals surface area contributed by atoms with E-state index in [0.717, 1.165) is 0 Å². The Labute approximate surface area is 83.5 Å². The average Bonchev–Trinajstić information content (AvgIpc) is 1.80. The number of aliphatic carboxylic acids is 1. The van der Waals surface area contributed by atoms with Crippen molar-refractivity contribution < 1.29 is 44.5 Å². The molecular formula is C6H14ClNO6. The van der Waals surface area contributed by atoms with Crippen LogP contribution in [-0.4, -0.2) is 17.1 Å². The van der Waals surface area contributed by atoms with Crippen LogP contribution >= 0.6 is 0 Å². The van der Waals surface area contributed by atoms with Gasteiger partial charge in [-0.3, -0.25) is 0 Å². The zero-order chi connectivity index (χ0) is 11.9. The highest BCUT2D eigenvalue weighted by Gasteiger charge is 2.15. The Kier molecular flexibility index (Phi) is 7.93. The molecule has 7 nitrogen and oxygen atoms in total. The number of hydrogen-bond acceptors (Lipinski definition) is 5. The first-order valence-corrected chi connectivity index (χ1v) is 4.95. The largest absolute Gasteiger partial charge is 0.477 e. The number of carboxylic acids is 1. The summed E-state index contributed by atoms with van der Waals surface area (Å²) in [5.74, 6) is -0.382. The average molecular weight is 232 g/mol. The molecule has 0 aromatic rings. The smallest absolute Gasteiger partial charge is 0.362 e. The summed E-state index contributed by atoms with van der Waals surface area (Å²) in [5.41, 5.74) is 3.48. The molecule has 8 heteroatoms. The van der Waals surface area contributed by atoms with E-state index in [2.05, 4.69) is 5.73 Å². The summed E-state index contributed by atoms with van der Waals surface area (Å²) < 4.78 is 34.0. The Balaban J connectivity index is 0. The normalized spacial score (nSPS) is 13.1. The molecular weight excluding hydrogens is 218 g/mol. The number of rotatable bonds is 3. The molecule has 86 valence electrons. The van der Waals surface area contributed by atoms with Crippen LogP contribution in [-0.2, 0) is 4.79 Å². The molecule has 0 radical (unpaired) electrons. The van der Waals surface area contributed by atoms with E-state index in [9.17, 15) is 4.79 Å². The molecule has 14 heavy (non-hydrogen) atoms. The number of carbonyl (C=O) groups is 1. The SMILES string of the molecule is CC(C)C[C@H]([NH3+])C(=O)O.[O-][Cl+3]([O-])([O-])[O-]. The van der Waals surface area contributed by atoms with Crippen LogP contribution in [0.15, 0.2) is 0 Å². The van der Waals surface area contributed by atoms with Crippen molar-refractivity contribution in [2.45, 2.75) is 26.3 Å². The van der Waals surface area contributed by atoms with Gasteiger partial charge in [-0.05, 0) is 5.92 Å². The van der Waals surface area contributed by atoms with Crippen molar-refractivity contribution in [2.75, 3.05) is 0 Å². The highest BCUT2D eigenvalue weighted by molar-refractivity contribution is 5.71.